The van der Waals surface area contributed by atoms with Crippen molar-refractivity contribution in [3.8, 4) is 0 Å². The molecule has 0 amide bonds. The zero-order valence-electron chi connectivity index (χ0n) is 12.4. The number of ether oxygens (including phenoxy) is 2. The summed E-state index contributed by atoms with van der Waals surface area (Å²) >= 11 is 0. The molecule has 22 heavy (non-hydrogen) atoms. The number of anilines is 2. The van der Waals surface area contributed by atoms with Crippen LogP contribution in [-0.2, 0) is 15.1 Å². The molecule has 0 unspecified atom stereocenters. The summed E-state index contributed by atoms with van der Waals surface area (Å²) in [6.45, 7) is 3.56. The number of hydrogen-bond donors (Lipinski definition) is 1. The first kappa shape index (κ1) is 13.7. The summed E-state index contributed by atoms with van der Waals surface area (Å²) in [6.07, 6.45) is 3.22. The number of rotatable bonds is 2. The third kappa shape index (κ3) is 2.18. The highest BCUT2D eigenvalue weighted by Crippen LogP contribution is 2.43. The topological polar surface area (TPSA) is 54.8 Å². The Morgan fingerprint density at radius 3 is 2.82 bits per heavy atom. The highest BCUT2D eigenvalue weighted by molar-refractivity contribution is 5.71. The fourth-order valence-corrected chi connectivity index (χ4v) is 3.15. The van der Waals surface area contributed by atoms with Gasteiger partial charge in [-0.3, -0.25) is 4.98 Å². The van der Waals surface area contributed by atoms with Crippen LogP contribution < -0.4 is 4.90 Å². The smallest absolute Gasteiger partial charge is 0.185 e. The van der Waals surface area contributed by atoms with Gasteiger partial charge in [0.05, 0.1) is 31.6 Å². The first-order valence-electron chi connectivity index (χ1n) is 7.43. The van der Waals surface area contributed by atoms with Crippen molar-refractivity contribution in [3.63, 3.8) is 0 Å². The maximum Gasteiger partial charge on any atom is 0.185 e. The number of nitrogens with zero attached hydrogens (tertiary/aromatic N) is 2. The maximum atomic E-state index is 10.6. The molecule has 5 nitrogen and oxygen atoms in total. The minimum atomic E-state index is -0.868. The molecule has 0 saturated carbocycles. The summed E-state index contributed by atoms with van der Waals surface area (Å²) in [6, 6.07) is 9.93. The molecule has 1 atom stereocenters. The number of pyridine rings is 1. The standard InChI is InChI=1S/C17H18N2O3/c1-17(20)11-19(15-5-3-2-4-14(15)17)13-8-12(9-18-10-13)16-21-6-7-22-16/h2-5,8-10,16,20H,6-7,11H2,1H3/t17-/m0/s1. The first-order valence-corrected chi connectivity index (χ1v) is 7.43. The molecular weight excluding hydrogens is 280 g/mol. The summed E-state index contributed by atoms with van der Waals surface area (Å²) < 4.78 is 11.1. The zero-order chi connectivity index (χ0) is 15.2. The summed E-state index contributed by atoms with van der Waals surface area (Å²) in [5.74, 6) is 0. The van der Waals surface area contributed by atoms with Gasteiger partial charge in [-0.25, -0.2) is 0 Å². The Balaban J connectivity index is 1.72. The molecule has 2 aromatic rings. The van der Waals surface area contributed by atoms with Crippen molar-refractivity contribution in [3.05, 3.63) is 53.9 Å². The maximum absolute atomic E-state index is 10.6. The molecule has 2 aliphatic heterocycles. The van der Waals surface area contributed by atoms with Crippen molar-refractivity contribution in [1.29, 1.82) is 0 Å². The lowest BCUT2D eigenvalue weighted by Gasteiger charge is -2.22. The molecule has 5 heteroatoms. The molecule has 1 aromatic heterocycles. The van der Waals surface area contributed by atoms with Crippen LogP contribution in [0.1, 0.15) is 24.3 Å². The van der Waals surface area contributed by atoms with Crippen molar-refractivity contribution < 1.29 is 14.6 Å². The third-order valence-electron chi connectivity index (χ3n) is 4.19. The Morgan fingerprint density at radius 1 is 1.23 bits per heavy atom. The van der Waals surface area contributed by atoms with Gasteiger partial charge in [0.25, 0.3) is 0 Å². The zero-order valence-corrected chi connectivity index (χ0v) is 12.4. The van der Waals surface area contributed by atoms with Gasteiger partial charge >= 0.3 is 0 Å². The predicted octanol–water partition coefficient (Wildman–Crippen LogP) is 2.49. The van der Waals surface area contributed by atoms with E-state index in [0.717, 1.165) is 22.5 Å². The average molecular weight is 298 g/mol. The van der Waals surface area contributed by atoms with Crippen LogP contribution in [0.15, 0.2) is 42.7 Å². The van der Waals surface area contributed by atoms with Crippen LogP contribution in [0.3, 0.4) is 0 Å². The second-order valence-electron chi connectivity index (χ2n) is 5.93. The average Bonchev–Trinajstić information content (AvgIpc) is 3.15. The molecule has 1 N–H and O–H groups in total. The Morgan fingerprint density at radius 2 is 2.00 bits per heavy atom. The number of aliphatic hydroxyl groups is 1. The second-order valence-corrected chi connectivity index (χ2v) is 5.93. The lowest BCUT2D eigenvalue weighted by molar-refractivity contribution is -0.0443. The lowest BCUT2D eigenvalue weighted by atomic mass is 9.99. The van der Waals surface area contributed by atoms with Gasteiger partial charge in [-0.1, -0.05) is 18.2 Å². The number of β-amino-alcohol motifs (C(OH)–C–C–N with tert-alkyl or cyclic N) is 1. The molecule has 3 heterocycles. The summed E-state index contributed by atoms with van der Waals surface area (Å²) in [7, 11) is 0. The summed E-state index contributed by atoms with van der Waals surface area (Å²) in [4.78, 5) is 6.40. The Labute approximate surface area is 129 Å². The molecular formula is C17H18N2O3. The number of fused-ring (bicyclic) bond motifs is 1. The van der Waals surface area contributed by atoms with Crippen molar-refractivity contribution in [2.75, 3.05) is 24.7 Å². The van der Waals surface area contributed by atoms with Gasteiger partial charge in [-0.05, 0) is 19.1 Å². The van der Waals surface area contributed by atoms with Gasteiger partial charge in [0.2, 0.25) is 0 Å². The third-order valence-corrected chi connectivity index (χ3v) is 4.19. The van der Waals surface area contributed by atoms with E-state index in [2.05, 4.69) is 9.88 Å². The molecule has 2 aliphatic rings. The quantitative estimate of drug-likeness (QED) is 0.923. The monoisotopic (exact) mass is 298 g/mol. The molecule has 0 radical (unpaired) electrons. The largest absolute Gasteiger partial charge is 0.383 e. The van der Waals surface area contributed by atoms with Crippen molar-refractivity contribution in [1.82, 2.24) is 4.98 Å². The van der Waals surface area contributed by atoms with Crippen molar-refractivity contribution in [2.24, 2.45) is 0 Å². The van der Waals surface area contributed by atoms with Crippen LogP contribution in [0.25, 0.3) is 0 Å². The Bertz CT molecular complexity index is 696. The lowest BCUT2D eigenvalue weighted by Crippen LogP contribution is -2.27. The van der Waals surface area contributed by atoms with Crippen LogP contribution in [-0.4, -0.2) is 29.8 Å². The highest BCUT2D eigenvalue weighted by Gasteiger charge is 2.37. The Hall–Kier alpha value is -1.95. The summed E-state index contributed by atoms with van der Waals surface area (Å²) in [5, 5.41) is 10.6. The molecule has 0 aliphatic carbocycles. The minimum absolute atomic E-state index is 0.342. The molecule has 1 saturated heterocycles. The van der Waals surface area contributed by atoms with Gasteiger partial charge in [0, 0.05) is 23.0 Å². The molecule has 4 rings (SSSR count). The number of hydrogen-bond acceptors (Lipinski definition) is 5. The fraction of sp³-hybridized carbons (Fsp3) is 0.353. The van der Waals surface area contributed by atoms with Gasteiger partial charge in [0.15, 0.2) is 6.29 Å². The van der Waals surface area contributed by atoms with Crippen LogP contribution in [0, 0.1) is 0 Å². The van der Waals surface area contributed by atoms with E-state index >= 15 is 0 Å². The molecule has 1 aromatic carbocycles. The molecule has 0 spiro atoms. The van der Waals surface area contributed by atoms with Crippen LogP contribution in [0.4, 0.5) is 11.4 Å². The van der Waals surface area contributed by atoms with E-state index in [9.17, 15) is 5.11 Å². The van der Waals surface area contributed by atoms with E-state index in [1.807, 2.05) is 37.3 Å². The molecule has 0 bridgehead atoms. The highest BCUT2D eigenvalue weighted by atomic mass is 16.7. The van der Waals surface area contributed by atoms with Gasteiger partial charge in [-0.15, -0.1) is 0 Å². The molecule has 1 fully saturated rings. The van der Waals surface area contributed by atoms with E-state index in [-0.39, 0.29) is 6.29 Å². The fourth-order valence-electron chi connectivity index (χ4n) is 3.15. The van der Waals surface area contributed by atoms with Gasteiger partial charge in [0.1, 0.15) is 5.60 Å². The Kier molecular flexibility index (Phi) is 3.14. The van der Waals surface area contributed by atoms with E-state index < -0.39 is 5.60 Å². The SMILES string of the molecule is C[C@]1(O)CN(c2cncc(C3OCCO3)c2)c2ccccc21. The number of para-hydroxylation sites is 1. The predicted molar refractivity (Wildman–Crippen MR) is 81.9 cm³/mol. The van der Waals surface area contributed by atoms with Crippen LogP contribution >= 0.6 is 0 Å². The van der Waals surface area contributed by atoms with Crippen LogP contribution in [0.5, 0.6) is 0 Å². The van der Waals surface area contributed by atoms with E-state index in [1.165, 1.54) is 0 Å². The normalized spacial score (nSPS) is 24.7. The first-order chi connectivity index (χ1) is 10.6. The van der Waals surface area contributed by atoms with Crippen LogP contribution in [0.2, 0.25) is 0 Å². The summed E-state index contributed by atoms with van der Waals surface area (Å²) in [5.41, 5.74) is 2.92. The van der Waals surface area contributed by atoms with Gasteiger partial charge < -0.3 is 19.5 Å². The van der Waals surface area contributed by atoms with E-state index in [0.29, 0.717) is 19.8 Å². The second kappa shape index (κ2) is 5.05. The minimum Gasteiger partial charge on any atom is -0.383 e. The van der Waals surface area contributed by atoms with Crippen molar-refractivity contribution >= 4 is 11.4 Å². The van der Waals surface area contributed by atoms with E-state index in [4.69, 9.17) is 9.47 Å². The molecule has 114 valence electrons. The van der Waals surface area contributed by atoms with Crippen molar-refractivity contribution in [2.45, 2.75) is 18.8 Å². The van der Waals surface area contributed by atoms with Gasteiger partial charge in [-0.2, -0.15) is 0 Å². The van der Waals surface area contributed by atoms with E-state index in [1.54, 1.807) is 12.4 Å². The number of benzene rings is 1. The number of aromatic nitrogens is 1.